The van der Waals surface area contributed by atoms with Crippen LogP contribution in [0.1, 0.15) is 129 Å². The zero-order valence-corrected chi connectivity index (χ0v) is 25.9. The van der Waals surface area contributed by atoms with Crippen LogP contribution in [0.4, 0.5) is 0 Å². The van der Waals surface area contributed by atoms with E-state index < -0.39 is 0 Å². The smallest absolute Gasteiger partial charge is 0.220 e. The van der Waals surface area contributed by atoms with Gasteiger partial charge in [0.2, 0.25) is 5.91 Å². The van der Waals surface area contributed by atoms with Crippen LogP contribution in [0.3, 0.4) is 0 Å². The number of hydrogen-bond acceptors (Lipinski definition) is 2. The lowest BCUT2D eigenvalue weighted by atomic mass is 10.1. The maximum atomic E-state index is 11.8. The van der Waals surface area contributed by atoms with E-state index in [2.05, 4.69) is 45.1 Å². The van der Waals surface area contributed by atoms with Crippen molar-refractivity contribution >= 4 is 17.7 Å². The summed E-state index contributed by atoms with van der Waals surface area (Å²) in [6.45, 7) is 4.07. The second-order valence-electron chi connectivity index (χ2n) is 10.7. The van der Waals surface area contributed by atoms with Gasteiger partial charge in [-0.2, -0.15) is 11.8 Å². The molecule has 0 saturated heterocycles. The minimum atomic E-state index is 0. The van der Waals surface area contributed by atoms with Crippen molar-refractivity contribution in [3.8, 4) is 0 Å². The molecule has 0 atom stereocenters. The number of hydrogen-bond donors (Lipinski definition) is 1. The van der Waals surface area contributed by atoms with Gasteiger partial charge in [0.25, 0.3) is 0 Å². The van der Waals surface area contributed by atoms with E-state index in [0.717, 1.165) is 24.0 Å². The van der Waals surface area contributed by atoms with Gasteiger partial charge in [-0.3, -0.25) is 4.79 Å². The molecule has 3 nitrogen and oxygen atoms in total. The number of carbonyl (C=O) groups is 1. The largest absolute Gasteiger partial charge is 1.00 e. The van der Waals surface area contributed by atoms with Crippen LogP contribution < -0.4 is 29.3 Å². The Morgan fingerprint density at radius 1 is 0.636 bits per heavy atom. The second-order valence-corrected chi connectivity index (χ2v) is 12.0. The molecule has 0 aliphatic carbocycles. The van der Waals surface area contributed by atoms with Crippen molar-refractivity contribution in [1.29, 1.82) is 0 Å². The van der Waals surface area contributed by atoms with Crippen molar-refractivity contribution in [2.75, 3.05) is 45.7 Å². The van der Waals surface area contributed by atoms with Gasteiger partial charge < -0.3 is 33.8 Å². The summed E-state index contributed by atoms with van der Waals surface area (Å²) in [5.41, 5.74) is 0. The summed E-state index contributed by atoms with van der Waals surface area (Å²) < 4.78 is 0.901. The average Bonchev–Trinajstić information content (AvgIpc) is 2.74. The van der Waals surface area contributed by atoms with E-state index in [9.17, 15) is 4.79 Å². The minimum absolute atomic E-state index is 0. The summed E-state index contributed by atoms with van der Waals surface area (Å²) >= 11 is 2.18. The van der Waals surface area contributed by atoms with Crippen LogP contribution in [0, 0.1) is 0 Å². The summed E-state index contributed by atoms with van der Waals surface area (Å²) in [4.78, 5) is 11.8. The molecule has 0 rings (SSSR count). The topological polar surface area (TPSA) is 29.1 Å². The number of amides is 1. The van der Waals surface area contributed by atoms with Gasteiger partial charge in [0, 0.05) is 6.42 Å². The van der Waals surface area contributed by atoms with Gasteiger partial charge >= 0.3 is 0 Å². The maximum Gasteiger partial charge on any atom is 0.220 e. The quantitative estimate of drug-likeness (QED) is 0.0913. The Bertz CT molecular complexity index is 402. The first-order chi connectivity index (χ1) is 15.5. The van der Waals surface area contributed by atoms with Gasteiger partial charge in [0.15, 0.2) is 0 Å². The first kappa shape index (κ1) is 35.7. The Morgan fingerprint density at radius 2 is 1.03 bits per heavy atom. The number of likely N-dealkylation sites (N-methyl/N-ethyl adjacent to an activating group) is 1. The Hall–Kier alpha value is 0.510. The van der Waals surface area contributed by atoms with E-state index >= 15 is 0 Å². The van der Waals surface area contributed by atoms with Crippen LogP contribution in [0.2, 0.25) is 0 Å². The lowest BCUT2D eigenvalue weighted by Crippen LogP contribution is -3.00. The molecule has 0 saturated carbocycles. The molecule has 0 aromatic rings. The number of unbranched alkanes of at least 4 members (excludes halogenated alkanes) is 16. The predicted molar refractivity (Wildman–Crippen MR) is 147 cm³/mol. The molecule has 0 radical (unpaired) electrons. The fourth-order valence-corrected chi connectivity index (χ4v) is 4.98. The van der Waals surface area contributed by atoms with Crippen molar-refractivity contribution in [1.82, 2.24) is 5.32 Å². The van der Waals surface area contributed by atoms with Gasteiger partial charge in [-0.1, -0.05) is 103 Å². The molecule has 33 heavy (non-hydrogen) atoms. The van der Waals surface area contributed by atoms with Crippen molar-refractivity contribution in [3.63, 3.8) is 0 Å². The normalized spacial score (nSPS) is 11.4. The molecular weight excluding hydrogens is 539 g/mol. The molecule has 0 aliphatic rings. The van der Waals surface area contributed by atoms with E-state index in [0.29, 0.717) is 6.42 Å². The maximum absolute atomic E-state index is 11.8. The zero-order valence-electron chi connectivity index (χ0n) is 22.9. The zero-order chi connectivity index (χ0) is 23.8. The third-order valence-electron chi connectivity index (χ3n) is 6.19. The molecule has 1 N–H and O–H groups in total. The van der Waals surface area contributed by atoms with Crippen LogP contribution in [0.25, 0.3) is 0 Å². The lowest BCUT2D eigenvalue weighted by Gasteiger charge is -2.23. The fourth-order valence-electron chi connectivity index (χ4n) is 3.96. The summed E-state index contributed by atoms with van der Waals surface area (Å²) in [5.74, 6) is 2.97. The minimum Gasteiger partial charge on any atom is -1.00 e. The van der Waals surface area contributed by atoms with Gasteiger partial charge in [-0.25, -0.2) is 0 Å². The van der Waals surface area contributed by atoms with E-state index in [1.54, 1.807) is 0 Å². The van der Waals surface area contributed by atoms with Gasteiger partial charge in [0.1, 0.15) is 0 Å². The number of nitrogens with zero attached hydrogens (tertiary/aromatic N) is 1. The highest BCUT2D eigenvalue weighted by Gasteiger charge is 2.07. The third-order valence-corrected chi connectivity index (χ3v) is 7.34. The molecular formula is C28H59IN2OS. The molecule has 0 aliphatic heterocycles. The van der Waals surface area contributed by atoms with E-state index in [4.69, 9.17) is 0 Å². The van der Waals surface area contributed by atoms with Crippen LogP contribution >= 0.6 is 11.8 Å². The summed E-state index contributed by atoms with van der Waals surface area (Å²) in [6.07, 6.45) is 25.6. The molecule has 5 heteroatoms. The van der Waals surface area contributed by atoms with Crippen LogP contribution in [0.15, 0.2) is 0 Å². The second kappa shape index (κ2) is 27.1. The number of halogens is 1. The van der Waals surface area contributed by atoms with Crippen LogP contribution in [-0.4, -0.2) is 56.1 Å². The SMILES string of the molecule is CCCCCCCCCCCCSCCCCCCCCCCC(=O)NCC[N+](C)(C)C.[I-]. The van der Waals surface area contributed by atoms with Gasteiger partial charge in [-0.05, 0) is 30.8 Å². The average molecular weight is 599 g/mol. The predicted octanol–water partition coefficient (Wildman–Crippen LogP) is 4.98. The first-order valence-corrected chi connectivity index (χ1v) is 15.3. The summed E-state index contributed by atoms with van der Waals surface area (Å²) in [7, 11) is 6.47. The summed E-state index contributed by atoms with van der Waals surface area (Å²) in [6, 6.07) is 0. The number of rotatable bonds is 25. The summed E-state index contributed by atoms with van der Waals surface area (Å²) in [5, 5.41) is 3.04. The van der Waals surface area contributed by atoms with Crippen molar-refractivity contribution < 1.29 is 33.3 Å². The number of nitrogens with one attached hydrogen (secondary N) is 1. The Labute approximate surface area is 230 Å². The number of thioether (sulfide) groups is 1. The fraction of sp³-hybridized carbons (Fsp3) is 0.964. The van der Waals surface area contributed by atoms with Crippen molar-refractivity contribution in [2.45, 2.75) is 129 Å². The van der Waals surface area contributed by atoms with E-state index in [1.165, 1.54) is 121 Å². The number of quaternary nitrogens is 1. The molecule has 0 bridgehead atoms. The molecule has 0 aromatic heterocycles. The molecule has 0 heterocycles. The molecule has 0 spiro atoms. The van der Waals surface area contributed by atoms with Crippen molar-refractivity contribution in [2.24, 2.45) is 0 Å². The highest BCUT2D eigenvalue weighted by atomic mass is 127. The lowest BCUT2D eigenvalue weighted by molar-refractivity contribution is -0.869. The highest BCUT2D eigenvalue weighted by Crippen LogP contribution is 2.15. The van der Waals surface area contributed by atoms with Gasteiger partial charge in [0.05, 0.1) is 34.2 Å². The van der Waals surface area contributed by atoms with E-state index in [1.807, 2.05) is 0 Å². The molecule has 0 fully saturated rings. The molecule has 1 amide bonds. The van der Waals surface area contributed by atoms with Crippen LogP contribution in [-0.2, 0) is 4.79 Å². The third kappa shape index (κ3) is 32.5. The van der Waals surface area contributed by atoms with Crippen molar-refractivity contribution in [3.05, 3.63) is 0 Å². The molecule has 0 aromatic carbocycles. The highest BCUT2D eigenvalue weighted by molar-refractivity contribution is 7.99. The standard InChI is InChI=1S/C28H58N2OS.HI/c1-5-6-7-8-9-10-12-15-18-21-26-32-27-22-19-16-13-11-14-17-20-23-28(31)29-24-25-30(2,3)4;/h5-27H2,1-4H3;1H. The Morgan fingerprint density at radius 3 is 1.45 bits per heavy atom. The Kier molecular flexibility index (Phi) is 29.3. The first-order valence-electron chi connectivity index (χ1n) is 14.1. The molecule has 200 valence electrons. The van der Waals surface area contributed by atoms with Gasteiger partial charge in [-0.15, -0.1) is 0 Å². The monoisotopic (exact) mass is 598 g/mol. The van der Waals surface area contributed by atoms with Crippen LogP contribution in [0.5, 0.6) is 0 Å². The molecule has 0 unspecified atom stereocenters. The van der Waals surface area contributed by atoms with E-state index in [-0.39, 0.29) is 29.9 Å². The Balaban J connectivity index is 0. The number of carbonyl (C=O) groups excluding carboxylic acids is 1.